The molecule has 6 nitrogen and oxygen atoms in total. The smallest absolute Gasteiger partial charge is 0.323 e. The second kappa shape index (κ2) is 11.0. The quantitative estimate of drug-likeness (QED) is 0.356. The molecular formula is C34H37NO5. The molecule has 0 saturated heterocycles. The highest BCUT2D eigenvalue weighted by Crippen LogP contribution is 2.51. The van der Waals surface area contributed by atoms with Gasteiger partial charge in [0.1, 0.15) is 23.5 Å². The van der Waals surface area contributed by atoms with Gasteiger partial charge >= 0.3 is 11.9 Å². The van der Waals surface area contributed by atoms with E-state index in [9.17, 15) is 14.4 Å². The number of rotatable bonds is 8. The summed E-state index contributed by atoms with van der Waals surface area (Å²) in [6.07, 6.45) is 1.22. The van der Waals surface area contributed by atoms with E-state index in [1.54, 1.807) is 0 Å². The molecule has 2 aliphatic carbocycles. The van der Waals surface area contributed by atoms with Gasteiger partial charge in [-0.05, 0) is 61.4 Å². The van der Waals surface area contributed by atoms with Crippen molar-refractivity contribution in [1.82, 2.24) is 5.32 Å². The van der Waals surface area contributed by atoms with Crippen molar-refractivity contribution in [2.45, 2.75) is 76.7 Å². The molecule has 0 radical (unpaired) electrons. The Labute approximate surface area is 236 Å². The molecule has 0 heterocycles. The van der Waals surface area contributed by atoms with E-state index in [1.807, 2.05) is 63.2 Å². The molecule has 0 spiro atoms. The SMILES string of the molecule is CC(=O)OC(CC(NC1(c2ccccc2)c2ccccc2-c2ccccc21)C(=O)OC(C)(C)C)C1CCCC1=O. The van der Waals surface area contributed by atoms with Gasteiger partial charge in [0.15, 0.2) is 0 Å². The van der Waals surface area contributed by atoms with E-state index in [-0.39, 0.29) is 12.2 Å². The minimum atomic E-state index is -0.878. The Bertz CT molecular complexity index is 1360. The Morgan fingerprint density at radius 3 is 2.02 bits per heavy atom. The first-order valence-electron chi connectivity index (χ1n) is 14.1. The van der Waals surface area contributed by atoms with E-state index in [0.29, 0.717) is 12.8 Å². The van der Waals surface area contributed by atoms with Crippen LogP contribution in [0.5, 0.6) is 0 Å². The van der Waals surface area contributed by atoms with E-state index in [1.165, 1.54) is 6.92 Å². The van der Waals surface area contributed by atoms with Gasteiger partial charge in [-0.1, -0.05) is 78.9 Å². The first-order chi connectivity index (χ1) is 19.1. The van der Waals surface area contributed by atoms with Gasteiger partial charge in [0, 0.05) is 19.8 Å². The average Bonchev–Trinajstić information content (AvgIpc) is 3.47. The summed E-state index contributed by atoms with van der Waals surface area (Å²) >= 11 is 0. The zero-order valence-corrected chi connectivity index (χ0v) is 23.6. The van der Waals surface area contributed by atoms with Crippen LogP contribution in [0.4, 0.5) is 0 Å². The highest BCUT2D eigenvalue weighted by Gasteiger charge is 2.48. The molecule has 1 fully saturated rings. The number of carbonyl (C=O) groups is 3. The summed E-state index contributed by atoms with van der Waals surface area (Å²) < 4.78 is 11.7. The molecule has 208 valence electrons. The maximum Gasteiger partial charge on any atom is 0.323 e. The minimum absolute atomic E-state index is 0.0727. The fourth-order valence-electron chi connectivity index (χ4n) is 6.30. The predicted octanol–water partition coefficient (Wildman–Crippen LogP) is 5.95. The molecule has 0 bridgehead atoms. The summed E-state index contributed by atoms with van der Waals surface area (Å²) in [5, 5.41) is 3.75. The number of fused-ring (bicyclic) bond motifs is 3. The predicted molar refractivity (Wildman–Crippen MR) is 153 cm³/mol. The van der Waals surface area contributed by atoms with Crippen molar-refractivity contribution in [3.05, 3.63) is 95.6 Å². The fourth-order valence-corrected chi connectivity index (χ4v) is 6.30. The Balaban J connectivity index is 1.66. The number of ketones is 1. The van der Waals surface area contributed by atoms with Crippen LogP contribution in [0.1, 0.15) is 70.1 Å². The van der Waals surface area contributed by atoms with E-state index in [4.69, 9.17) is 9.47 Å². The lowest BCUT2D eigenvalue weighted by molar-refractivity contribution is -0.163. The fraction of sp³-hybridized carbons (Fsp3) is 0.382. The minimum Gasteiger partial charge on any atom is -0.462 e. The van der Waals surface area contributed by atoms with Gasteiger partial charge in [0.2, 0.25) is 0 Å². The molecule has 3 atom stereocenters. The van der Waals surface area contributed by atoms with Crippen LogP contribution in [0.25, 0.3) is 11.1 Å². The van der Waals surface area contributed by atoms with Crippen LogP contribution in [0.2, 0.25) is 0 Å². The van der Waals surface area contributed by atoms with E-state index < -0.39 is 41.1 Å². The molecule has 5 rings (SSSR count). The Morgan fingerprint density at radius 2 is 1.50 bits per heavy atom. The zero-order valence-electron chi connectivity index (χ0n) is 23.6. The van der Waals surface area contributed by atoms with Gasteiger partial charge in [-0.25, -0.2) is 0 Å². The number of Topliss-reactive ketones (excluding diaryl/α,β-unsaturated/α-hetero) is 1. The number of ether oxygens (including phenoxy) is 2. The summed E-state index contributed by atoms with van der Waals surface area (Å²) in [4.78, 5) is 38.9. The van der Waals surface area contributed by atoms with Crippen molar-refractivity contribution in [3.8, 4) is 11.1 Å². The summed E-state index contributed by atoms with van der Waals surface area (Å²) in [5.41, 5.74) is 3.58. The molecule has 1 saturated carbocycles. The van der Waals surface area contributed by atoms with Crippen molar-refractivity contribution >= 4 is 17.7 Å². The summed E-state index contributed by atoms with van der Waals surface area (Å²) in [6, 6.07) is 25.6. The van der Waals surface area contributed by atoms with Crippen molar-refractivity contribution in [2.24, 2.45) is 5.92 Å². The van der Waals surface area contributed by atoms with Crippen LogP contribution < -0.4 is 5.32 Å². The number of benzene rings is 3. The molecule has 0 aromatic heterocycles. The number of hydrogen-bond acceptors (Lipinski definition) is 6. The maximum absolute atomic E-state index is 14.0. The van der Waals surface area contributed by atoms with Gasteiger partial charge < -0.3 is 9.47 Å². The van der Waals surface area contributed by atoms with Gasteiger partial charge in [0.05, 0.1) is 11.5 Å². The van der Waals surface area contributed by atoms with Crippen LogP contribution >= 0.6 is 0 Å². The van der Waals surface area contributed by atoms with Crippen molar-refractivity contribution in [2.75, 3.05) is 0 Å². The molecule has 2 aliphatic rings. The van der Waals surface area contributed by atoms with Gasteiger partial charge in [-0.2, -0.15) is 0 Å². The van der Waals surface area contributed by atoms with Crippen LogP contribution in [-0.4, -0.2) is 35.5 Å². The summed E-state index contributed by atoms with van der Waals surface area (Å²) in [7, 11) is 0. The van der Waals surface area contributed by atoms with Crippen LogP contribution in [0.3, 0.4) is 0 Å². The van der Waals surface area contributed by atoms with Gasteiger partial charge in [-0.3, -0.25) is 19.7 Å². The topological polar surface area (TPSA) is 81.7 Å². The lowest BCUT2D eigenvalue weighted by Gasteiger charge is -2.39. The van der Waals surface area contributed by atoms with Gasteiger partial charge in [-0.15, -0.1) is 0 Å². The molecule has 40 heavy (non-hydrogen) atoms. The Morgan fingerprint density at radius 1 is 0.925 bits per heavy atom. The highest BCUT2D eigenvalue weighted by molar-refractivity contribution is 5.85. The maximum atomic E-state index is 14.0. The third kappa shape index (κ3) is 5.33. The first-order valence-corrected chi connectivity index (χ1v) is 14.1. The van der Waals surface area contributed by atoms with E-state index >= 15 is 0 Å². The lowest BCUT2D eigenvalue weighted by atomic mass is 9.79. The van der Waals surface area contributed by atoms with Crippen LogP contribution in [0.15, 0.2) is 78.9 Å². The monoisotopic (exact) mass is 539 g/mol. The number of nitrogens with one attached hydrogen (secondary N) is 1. The normalized spacial score (nSPS) is 18.9. The second-order valence-electron chi connectivity index (χ2n) is 11.8. The van der Waals surface area contributed by atoms with E-state index in [0.717, 1.165) is 34.2 Å². The van der Waals surface area contributed by atoms with Crippen molar-refractivity contribution < 1.29 is 23.9 Å². The molecular weight excluding hydrogens is 502 g/mol. The number of hydrogen-bond donors (Lipinski definition) is 1. The molecule has 0 amide bonds. The Kier molecular flexibility index (Phi) is 7.65. The lowest BCUT2D eigenvalue weighted by Crippen LogP contribution is -2.54. The average molecular weight is 540 g/mol. The zero-order chi connectivity index (χ0) is 28.5. The largest absolute Gasteiger partial charge is 0.462 e. The third-order valence-electron chi connectivity index (χ3n) is 7.83. The highest BCUT2D eigenvalue weighted by atomic mass is 16.6. The van der Waals surface area contributed by atoms with Crippen LogP contribution in [0, 0.1) is 5.92 Å². The molecule has 3 unspecified atom stereocenters. The van der Waals surface area contributed by atoms with Crippen LogP contribution in [-0.2, 0) is 29.4 Å². The van der Waals surface area contributed by atoms with Crippen molar-refractivity contribution in [1.29, 1.82) is 0 Å². The molecule has 3 aromatic carbocycles. The molecule has 0 aliphatic heterocycles. The standard InChI is InChI=1S/C34H37NO5/c1-22(36)39-31(26-17-12-20-30(26)37)21-29(32(38)40-33(2,3)4)35-34(23-13-6-5-7-14-23)27-18-10-8-15-24(27)25-16-9-11-19-28(25)34/h5-11,13-16,18-19,26,29,31,35H,12,17,20-21H2,1-4H3. The van der Waals surface area contributed by atoms with Gasteiger partial charge in [0.25, 0.3) is 0 Å². The molecule has 6 heteroatoms. The number of esters is 2. The molecule has 3 aromatic rings. The summed E-state index contributed by atoms with van der Waals surface area (Å²) in [5.74, 6) is -1.29. The van der Waals surface area contributed by atoms with E-state index in [2.05, 4.69) is 41.7 Å². The Hall–Kier alpha value is -3.77. The third-order valence-corrected chi connectivity index (χ3v) is 7.83. The molecule has 1 N–H and O–H groups in total. The summed E-state index contributed by atoms with van der Waals surface area (Å²) in [6.45, 7) is 6.84. The van der Waals surface area contributed by atoms with Crippen molar-refractivity contribution in [3.63, 3.8) is 0 Å². The first kappa shape index (κ1) is 27.8. The number of carbonyl (C=O) groups excluding carboxylic acids is 3. The second-order valence-corrected chi connectivity index (χ2v) is 11.8.